The van der Waals surface area contributed by atoms with Gasteiger partial charge in [-0.1, -0.05) is 36.4 Å². The number of allylic oxidation sites excluding steroid dienone is 1. The highest BCUT2D eigenvalue weighted by molar-refractivity contribution is 6.47. The predicted molar refractivity (Wildman–Crippen MR) is 70.2 cm³/mol. The van der Waals surface area contributed by atoms with Crippen molar-refractivity contribution < 1.29 is 4.43 Å². The molecule has 82 valence electrons. The Morgan fingerprint density at radius 2 is 1.73 bits per heavy atom. The summed E-state index contributed by atoms with van der Waals surface area (Å²) in [5.41, 5.74) is 2.31. The lowest BCUT2D eigenvalue weighted by atomic mass is 10.1. The molecule has 0 aliphatic rings. The topological polar surface area (TPSA) is 9.23 Å². The number of hydrogen-bond donors (Lipinski definition) is 0. The van der Waals surface area contributed by atoms with Gasteiger partial charge in [-0.15, -0.1) is 0 Å². The molecule has 1 rings (SSSR count). The molecular weight excluding hydrogens is 200 g/mol. The summed E-state index contributed by atoms with van der Waals surface area (Å²) in [6, 6.07) is 8.55. The first-order valence-electron chi connectivity index (χ1n) is 5.27. The van der Waals surface area contributed by atoms with Crippen LogP contribution in [0.25, 0.3) is 5.57 Å². The van der Waals surface area contributed by atoms with Crippen molar-refractivity contribution in [2.75, 3.05) is 0 Å². The van der Waals surface area contributed by atoms with E-state index in [0.717, 1.165) is 5.57 Å². The second-order valence-electron chi connectivity index (χ2n) is 4.88. The van der Waals surface area contributed by atoms with E-state index in [4.69, 9.17) is 4.43 Å². The largest absolute Gasteiger partial charge is 0.414 e. The van der Waals surface area contributed by atoms with Crippen molar-refractivity contribution in [3.05, 3.63) is 36.4 Å². The molecule has 2 heteroatoms. The summed E-state index contributed by atoms with van der Waals surface area (Å²) in [7, 11) is -0.586. The Morgan fingerprint density at radius 1 is 1.20 bits per heavy atom. The monoisotopic (exact) mass is 220 g/mol. The van der Waals surface area contributed by atoms with Crippen molar-refractivity contribution >= 4 is 20.5 Å². The smallest absolute Gasteiger partial charge is 0.192 e. The fourth-order valence-corrected chi connectivity index (χ4v) is 2.21. The zero-order valence-electron chi connectivity index (χ0n) is 10.1. The van der Waals surface area contributed by atoms with Crippen LogP contribution in [0.5, 0.6) is 0 Å². The molecule has 0 unspecified atom stereocenters. The lowest BCUT2D eigenvalue weighted by Crippen LogP contribution is -2.28. The molecule has 0 radical (unpaired) electrons. The average Bonchev–Trinajstić information content (AvgIpc) is 2.14. The van der Waals surface area contributed by atoms with Crippen LogP contribution in [-0.2, 0) is 4.43 Å². The number of rotatable bonds is 3. The van der Waals surface area contributed by atoms with E-state index in [-0.39, 0.29) is 5.60 Å². The molecule has 15 heavy (non-hydrogen) atoms. The molecule has 0 saturated carbocycles. The first-order chi connectivity index (χ1) is 6.88. The van der Waals surface area contributed by atoms with Crippen molar-refractivity contribution in [2.45, 2.75) is 33.3 Å². The van der Waals surface area contributed by atoms with Crippen molar-refractivity contribution in [3.63, 3.8) is 0 Å². The molecule has 0 saturated heterocycles. The summed E-state index contributed by atoms with van der Waals surface area (Å²) >= 11 is 0. The van der Waals surface area contributed by atoms with Crippen LogP contribution in [0.1, 0.15) is 33.3 Å². The van der Waals surface area contributed by atoms with E-state index in [1.54, 1.807) is 0 Å². The maximum Gasteiger partial charge on any atom is 0.192 e. The van der Waals surface area contributed by atoms with Gasteiger partial charge in [0, 0.05) is 5.60 Å². The molecule has 1 aromatic carbocycles. The molecule has 0 spiro atoms. The zero-order chi connectivity index (χ0) is 11.5. The lowest BCUT2D eigenvalue weighted by molar-refractivity contribution is 0.142. The molecular formula is C13H20OSi. The second-order valence-corrected chi connectivity index (χ2v) is 6.27. The lowest BCUT2D eigenvalue weighted by Gasteiger charge is -2.20. The molecule has 0 bridgehead atoms. The quantitative estimate of drug-likeness (QED) is 0.710. The van der Waals surface area contributed by atoms with Crippen molar-refractivity contribution in [1.82, 2.24) is 0 Å². The minimum Gasteiger partial charge on any atom is -0.414 e. The molecule has 0 amide bonds. The summed E-state index contributed by atoms with van der Waals surface area (Å²) in [5.74, 6) is 0. The van der Waals surface area contributed by atoms with Gasteiger partial charge in [-0.2, -0.15) is 0 Å². The van der Waals surface area contributed by atoms with E-state index in [2.05, 4.69) is 51.6 Å². The van der Waals surface area contributed by atoms with Gasteiger partial charge in [0.1, 0.15) is 0 Å². The Labute approximate surface area is 95.1 Å². The molecule has 0 fully saturated rings. The van der Waals surface area contributed by atoms with Crippen LogP contribution in [0.4, 0.5) is 0 Å². The van der Waals surface area contributed by atoms with E-state index in [9.17, 15) is 0 Å². The van der Waals surface area contributed by atoms with Gasteiger partial charge < -0.3 is 4.43 Å². The van der Waals surface area contributed by atoms with Crippen molar-refractivity contribution in [2.24, 2.45) is 0 Å². The highest BCUT2D eigenvalue weighted by Crippen LogP contribution is 2.09. The molecule has 0 atom stereocenters. The third kappa shape index (κ3) is 4.45. The minimum absolute atomic E-state index is 0.0146. The van der Waals surface area contributed by atoms with Crippen molar-refractivity contribution in [3.8, 4) is 0 Å². The van der Waals surface area contributed by atoms with E-state index in [1.807, 2.05) is 6.92 Å². The van der Waals surface area contributed by atoms with Crippen LogP contribution >= 0.6 is 0 Å². The maximum absolute atomic E-state index is 5.83. The van der Waals surface area contributed by atoms with Crippen LogP contribution in [0, 0.1) is 0 Å². The van der Waals surface area contributed by atoms with Crippen LogP contribution in [-0.4, -0.2) is 15.4 Å². The third-order valence-electron chi connectivity index (χ3n) is 2.12. The Morgan fingerprint density at radius 3 is 2.13 bits per heavy atom. The Bertz CT molecular complexity index is 333. The van der Waals surface area contributed by atoms with Gasteiger partial charge >= 0.3 is 0 Å². The maximum atomic E-state index is 5.83. The first-order valence-corrected chi connectivity index (χ1v) is 6.56. The molecule has 1 aromatic rings. The fourth-order valence-electron chi connectivity index (χ4n) is 1.19. The van der Waals surface area contributed by atoms with Gasteiger partial charge in [0.15, 0.2) is 9.76 Å². The molecule has 0 aromatic heterocycles. The molecule has 0 aliphatic heterocycles. The summed E-state index contributed by atoms with van der Waals surface area (Å²) in [4.78, 5) is 0. The summed E-state index contributed by atoms with van der Waals surface area (Å²) < 4.78 is 5.83. The second kappa shape index (κ2) is 4.77. The standard InChI is InChI=1S/C13H20OSi/c1-10(2)11-6-8-12(9-7-11)15-14-13(3,4)5/h6-9H,1,15H2,2-5H3. The summed E-state index contributed by atoms with van der Waals surface area (Å²) in [5, 5.41) is 1.34. The SMILES string of the molecule is C=C(C)c1ccc([SiH2]OC(C)(C)C)cc1. The molecule has 1 nitrogen and oxygen atoms in total. The van der Waals surface area contributed by atoms with Crippen LogP contribution in [0.3, 0.4) is 0 Å². The van der Waals surface area contributed by atoms with Gasteiger partial charge in [0.05, 0.1) is 0 Å². The normalized spacial score (nSPS) is 12.3. The van der Waals surface area contributed by atoms with Crippen molar-refractivity contribution in [1.29, 1.82) is 0 Å². The number of hydrogen-bond acceptors (Lipinski definition) is 1. The van der Waals surface area contributed by atoms with E-state index in [1.165, 1.54) is 10.8 Å². The zero-order valence-corrected chi connectivity index (χ0v) is 11.5. The molecule has 0 heterocycles. The third-order valence-corrected chi connectivity index (χ3v) is 3.93. The minimum atomic E-state index is -0.586. The average molecular weight is 220 g/mol. The first kappa shape index (κ1) is 12.2. The van der Waals surface area contributed by atoms with Gasteiger partial charge in [0.25, 0.3) is 0 Å². The van der Waals surface area contributed by atoms with Gasteiger partial charge in [0.2, 0.25) is 0 Å². The van der Waals surface area contributed by atoms with Crippen LogP contribution in [0.2, 0.25) is 0 Å². The highest BCUT2D eigenvalue weighted by atomic mass is 28.2. The highest BCUT2D eigenvalue weighted by Gasteiger charge is 2.09. The predicted octanol–water partition coefficient (Wildman–Crippen LogP) is 2.24. The van der Waals surface area contributed by atoms with Crippen LogP contribution in [0.15, 0.2) is 30.8 Å². The summed E-state index contributed by atoms with van der Waals surface area (Å²) in [6.45, 7) is 12.2. The molecule has 0 N–H and O–H groups in total. The van der Waals surface area contributed by atoms with E-state index in [0.29, 0.717) is 0 Å². The number of benzene rings is 1. The molecule has 0 aliphatic carbocycles. The van der Waals surface area contributed by atoms with Gasteiger partial charge in [-0.05, 0) is 38.4 Å². The van der Waals surface area contributed by atoms with Gasteiger partial charge in [-0.3, -0.25) is 0 Å². The van der Waals surface area contributed by atoms with Gasteiger partial charge in [-0.25, -0.2) is 0 Å². The van der Waals surface area contributed by atoms with E-state index < -0.39 is 9.76 Å². The Hall–Kier alpha value is -0.863. The summed E-state index contributed by atoms with van der Waals surface area (Å²) in [6.07, 6.45) is 0. The van der Waals surface area contributed by atoms with E-state index >= 15 is 0 Å². The Balaban J connectivity index is 2.61. The fraction of sp³-hybridized carbons (Fsp3) is 0.385. The Kier molecular flexibility index (Phi) is 3.88. The van der Waals surface area contributed by atoms with Crippen LogP contribution < -0.4 is 5.19 Å².